The molecule has 1 aliphatic heterocycles. The van der Waals surface area contributed by atoms with Crippen molar-refractivity contribution in [3.63, 3.8) is 0 Å². The summed E-state index contributed by atoms with van der Waals surface area (Å²) in [5.41, 5.74) is 0.517. The van der Waals surface area contributed by atoms with Gasteiger partial charge in [0.2, 0.25) is 0 Å². The minimum atomic E-state index is -1.18. The van der Waals surface area contributed by atoms with Gasteiger partial charge in [0.05, 0.1) is 0 Å². The van der Waals surface area contributed by atoms with Crippen LogP contribution in [0.5, 0.6) is 0 Å². The summed E-state index contributed by atoms with van der Waals surface area (Å²) >= 11 is 2.34. The number of nitrogens with zero attached hydrogens (tertiary/aromatic N) is 4. The average Bonchev–Trinajstić information content (AvgIpc) is 2.93. The van der Waals surface area contributed by atoms with Crippen LogP contribution in [0.25, 0.3) is 11.0 Å². The Labute approximate surface area is 122 Å². The van der Waals surface area contributed by atoms with Gasteiger partial charge in [0, 0.05) is 0 Å². The summed E-state index contributed by atoms with van der Waals surface area (Å²) in [6.45, 7) is 1.38. The molecule has 0 aliphatic carbocycles. The predicted octanol–water partition coefficient (Wildman–Crippen LogP) is -2.73. The van der Waals surface area contributed by atoms with E-state index in [0.29, 0.717) is 11.5 Å². The van der Waals surface area contributed by atoms with Crippen molar-refractivity contribution in [2.75, 3.05) is 6.61 Å². The minimum absolute atomic E-state index is 0.377. The number of fused-ring (bicyclic) bond motifs is 1. The Kier molecular flexibility index (Phi) is 3.49. The van der Waals surface area contributed by atoms with E-state index in [-0.39, 0.29) is 6.61 Å². The van der Waals surface area contributed by atoms with Crippen molar-refractivity contribution < 1.29 is 20.1 Å². The zero-order valence-electron chi connectivity index (χ0n) is 10.6. The van der Waals surface area contributed by atoms with Gasteiger partial charge in [0.1, 0.15) is 0 Å². The quantitative estimate of drug-likeness (QED) is 0.507. The van der Waals surface area contributed by atoms with Crippen molar-refractivity contribution in [1.29, 1.82) is 0 Å². The topological polar surface area (TPSA) is 114 Å². The molecule has 0 bridgehead atoms. The van der Waals surface area contributed by atoms with Gasteiger partial charge in [-0.2, -0.15) is 0 Å². The first-order valence-corrected chi connectivity index (χ1v) is 7.00. The van der Waals surface area contributed by atoms with Gasteiger partial charge in [-0.15, -0.1) is 0 Å². The van der Waals surface area contributed by atoms with Crippen molar-refractivity contribution in [3.05, 3.63) is 12.0 Å². The maximum absolute atomic E-state index is 10.0. The van der Waals surface area contributed by atoms with Crippen LogP contribution in [0.4, 0.5) is 0 Å². The molecule has 1 unspecified atom stereocenters. The van der Waals surface area contributed by atoms with Gasteiger partial charge in [-0.1, -0.05) is 0 Å². The van der Waals surface area contributed by atoms with Crippen LogP contribution in [-0.4, -0.2) is 76.0 Å². The first-order chi connectivity index (χ1) is 9.52. The molecule has 20 heavy (non-hydrogen) atoms. The molecule has 3 N–H and O–H groups in total. The molecular weight excluding hydrogens is 331 g/mol. The number of ether oxygens (including phenoxy) is 1. The number of aliphatic hydroxyl groups is 3. The van der Waals surface area contributed by atoms with Crippen LogP contribution >= 0.6 is 0 Å². The molecule has 0 aromatic carbocycles. The Morgan fingerprint density at radius 1 is 1.35 bits per heavy atom. The average molecular weight is 345 g/mol. The first kappa shape index (κ1) is 13.9. The number of hydrogen-bond acceptors (Lipinski definition) is 7. The fourth-order valence-electron chi connectivity index (χ4n) is 2.28. The van der Waals surface area contributed by atoms with Crippen LogP contribution in [0, 0.1) is 6.92 Å². The van der Waals surface area contributed by atoms with Crippen molar-refractivity contribution >= 4 is 31.6 Å². The van der Waals surface area contributed by atoms with E-state index >= 15 is 0 Å². The zero-order chi connectivity index (χ0) is 14.4. The molecule has 8 nitrogen and oxygen atoms in total. The molecule has 1 saturated heterocycles. The number of aliphatic hydroxyl groups excluding tert-OH is 3. The fraction of sp³-hybridized carbons (Fsp3) is 0.545. The van der Waals surface area contributed by atoms with Crippen LogP contribution in [0.1, 0.15) is 12.1 Å². The monoisotopic (exact) mass is 346 g/mol. The zero-order valence-corrected chi connectivity index (χ0v) is 12.5. The number of aryl methyl sites for hydroxylation is 1. The van der Waals surface area contributed by atoms with Crippen LogP contribution in [0.2, 0.25) is 0 Å². The maximum atomic E-state index is 10.0. The Morgan fingerprint density at radius 2 is 2.10 bits per heavy atom. The Morgan fingerprint density at radius 3 is 2.75 bits per heavy atom. The molecule has 0 spiro atoms. The standard InChI is InChI=1S/C11H14N4O4Se/c1-4-13-9-5(10(20)14-4)2-12-15(9)11-8(18)7(17)6(3-16)19-11/h2,6-8,11,16-18H,3H2,1H3,(H,13,14,20)/t6-,7-,8-,11?/m1/s1. The van der Waals surface area contributed by atoms with Gasteiger partial charge in [-0.3, -0.25) is 0 Å². The van der Waals surface area contributed by atoms with E-state index in [4.69, 9.17) is 9.84 Å². The van der Waals surface area contributed by atoms with E-state index in [1.807, 2.05) is 0 Å². The second-order valence-corrected chi connectivity index (χ2v) is 5.54. The summed E-state index contributed by atoms with van der Waals surface area (Å²) in [5, 5.41) is 33.8. The molecule has 9 heteroatoms. The third-order valence-corrected chi connectivity index (χ3v) is 4.02. The summed E-state index contributed by atoms with van der Waals surface area (Å²) < 4.78 is 7.58. The molecule has 1 fully saturated rings. The van der Waals surface area contributed by atoms with Gasteiger partial charge in [0.25, 0.3) is 0 Å². The molecule has 0 radical (unpaired) electrons. The molecule has 0 amide bonds. The predicted molar refractivity (Wildman–Crippen MR) is 69.9 cm³/mol. The SMILES string of the molecule is Cc1nc([SeH])c2cnn(C3O[C@H](CO)[C@@H](O)[C@H]3O)c2n1. The van der Waals surface area contributed by atoms with Crippen LogP contribution < -0.4 is 4.59 Å². The molecule has 4 atom stereocenters. The van der Waals surface area contributed by atoms with Crippen molar-refractivity contribution in [2.24, 2.45) is 0 Å². The van der Waals surface area contributed by atoms with Crippen molar-refractivity contribution in [2.45, 2.75) is 31.5 Å². The molecule has 3 rings (SSSR count). The van der Waals surface area contributed by atoms with E-state index in [1.54, 1.807) is 13.1 Å². The summed E-state index contributed by atoms with van der Waals surface area (Å²) in [4.78, 5) is 8.52. The third-order valence-electron chi connectivity index (χ3n) is 3.30. The normalized spacial score (nSPS) is 30.2. The van der Waals surface area contributed by atoms with Crippen LogP contribution in [0.3, 0.4) is 0 Å². The molecule has 0 saturated carbocycles. The van der Waals surface area contributed by atoms with Crippen LogP contribution in [0.15, 0.2) is 6.20 Å². The molecule has 108 valence electrons. The Hall–Kier alpha value is -1.09. The van der Waals surface area contributed by atoms with E-state index in [9.17, 15) is 10.2 Å². The van der Waals surface area contributed by atoms with Gasteiger partial charge >= 0.3 is 122 Å². The Bertz CT molecular complexity index is 649. The van der Waals surface area contributed by atoms with Gasteiger partial charge in [-0.25, -0.2) is 0 Å². The van der Waals surface area contributed by atoms with Gasteiger partial charge < -0.3 is 0 Å². The molecule has 1 aliphatic rings. The van der Waals surface area contributed by atoms with Crippen molar-refractivity contribution in [3.8, 4) is 0 Å². The van der Waals surface area contributed by atoms with Crippen molar-refractivity contribution in [1.82, 2.24) is 19.7 Å². The second kappa shape index (κ2) is 5.03. The van der Waals surface area contributed by atoms with Gasteiger partial charge in [-0.05, 0) is 0 Å². The second-order valence-electron chi connectivity index (χ2n) is 4.65. The summed E-state index contributed by atoms with van der Waals surface area (Å²) in [6, 6.07) is 0. The molecular formula is C11H14N4O4Se. The number of rotatable bonds is 2. The van der Waals surface area contributed by atoms with Gasteiger partial charge in [0.15, 0.2) is 0 Å². The summed E-state index contributed by atoms with van der Waals surface area (Å²) in [6.07, 6.45) is -2.49. The molecule has 3 heterocycles. The molecule has 2 aromatic heterocycles. The Balaban J connectivity index is 2.07. The van der Waals surface area contributed by atoms with E-state index in [0.717, 1.165) is 9.98 Å². The number of aromatic nitrogens is 4. The van der Waals surface area contributed by atoms with E-state index in [1.165, 1.54) is 4.68 Å². The number of hydrogen-bond donors (Lipinski definition) is 3. The van der Waals surface area contributed by atoms with Crippen LogP contribution in [-0.2, 0) is 4.74 Å². The van der Waals surface area contributed by atoms with E-state index in [2.05, 4.69) is 31.1 Å². The van der Waals surface area contributed by atoms with E-state index < -0.39 is 24.5 Å². The molecule has 2 aromatic rings. The third kappa shape index (κ3) is 2.03. The first-order valence-electron chi connectivity index (χ1n) is 6.06. The summed E-state index contributed by atoms with van der Waals surface area (Å²) in [5.74, 6) is 0.571. The summed E-state index contributed by atoms with van der Waals surface area (Å²) in [7, 11) is 0. The fourth-order valence-corrected chi connectivity index (χ4v) is 2.92.